The van der Waals surface area contributed by atoms with Crippen molar-refractivity contribution in [3.63, 3.8) is 0 Å². The van der Waals surface area contributed by atoms with E-state index in [-0.39, 0.29) is 11.7 Å². The van der Waals surface area contributed by atoms with Crippen LogP contribution in [0.1, 0.15) is 34.7 Å². The molecule has 1 N–H and O–H groups in total. The number of anilines is 1. The number of rotatable bonds is 3. The minimum absolute atomic E-state index is 0.173. The van der Waals surface area contributed by atoms with Crippen LogP contribution >= 0.6 is 0 Å². The van der Waals surface area contributed by atoms with Crippen molar-refractivity contribution in [3.05, 3.63) is 41.9 Å². The highest BCUT2D eigenvalue weighted by atomic mass is 16.2. The van der Waals surface area contributed by atoms with E-state index < -0.39 is 0 Å². The summed E-state index contributed by atoms with van der Waals surface area (Å²) in [4.78, 5) is 31.8. The summed E-state index contributed by atoms with van der Waals surface area (Å²) in [6.07, 6.45) is 8.78. The van der Waals surface area contributed by atoms with Crippen LogP contribution in [0.3, 0.4) is 0 Å². The van der Waals surface area contributed by atoms with Gasteiger partial charge >= 0.3 is 0 Å². The molecule has 1 fully saturated rings. The molecule has 0 radical (unpaired) electrons. The molecule has 132 valence electrons. The third-order valence-corrected chi connectivity index (χ3v) is 4.80. The zero-order valence-electron chi connectivity index (χ0n) is 14.2. The molecule has 1 saturated carbocycles. The lowest BCUT2D eigenvalue weighted by atomic mass is 10.1. The normalized spacial score (nSPS) is 17.0. The van der Waals surface area contributed by atoms with Gasteiger partial charge in [0.1, 0.15) is 12.1 Å². The predicted molar refractivity (Wildman–Crippen MR) is 92.8 cm³/mol. The van der Waals surface area contributed by atoms with Crippen molar-refractivity contribution in [3.8, 4) is 0 Å². The SMILES string of the molecule is O=C(c1nc2ncccn2n1)N1CCc2ncnc(NC3CC3)c2CC1. The maximum atomic E-state index is 12.9. The number of carbonyl (C=O) groups is 1. The van der Waals surface area contributed by atoms with Crippen LogP contribution in [0.25, 0.3) is 5.78 Å². The number of fused-ring (bicyclic) bond motifs is 2. The molecule has 0 spiro atoms. The zero-order valence-corrected chi connectivity index (χ0v) is 14.2. The molecular weight excluding hydrogens is 332 g/mol. The molecule has 1 amide bonds. The number of aromatic nitrogens is 6. The van der Waals surface area contributed by atoms with E-state index in [0.29, 0.717) is 31.3 Å². The van der Waals surface area contributed by atoms with E-state index in [1.807, 2.05) is 0 Å². The highest BCUT2D eigenvalue weighted by molar-refractivity contribution is 5.91. The van der Waals surface area contributed by atoms with E-state index in [1.54, 1.807) is 29.7 Å². The van der Waals surface area contributed by atoms with Crippen LogP contribution in [-0.4, -0.2) is 59.5 Å². The second kappa shape index (κ2) is 6.01. The van der Waals surface area contributed by atoms with Gasteiger partial charge < -0.3 is 10.2 Å². The maximum Gasteiger partial charge on any atom is 0.293 e. The number of hydrogen-bond acceptors (Lipinski definition) is 7. The summed E-state index contributed by atoms with van der Waals surface area (Å²) >= 11 is 0. The number of carbonyl (C=O) groups excluding carboxylic acids is 1. The van der Waals surface area contributed by atoms with E-state index in [1.165, 1.54) is 17.4 Å². The lowest BCUT2D eigenvalue weighted by Gasteiger charge is -2.18. The summed E-state index contributed by atoms with van der Waals surface area (Å²) < 4.78 is 1.52. The van der Waals surface area contributed by atoms with Gasteiger partial charge in [0.2, 0.25) is 5.82 Å². The molecule has 4 heterocycles. The van der Waals surface area contributed by atoms with Crippen LogP contribution in [0.2, 0.25) is 0 Å². The highest BCUT2D eigenvalue weighted by Gasteiger charge is 2.27. The summed E-state index contributed by atoms with van der Waals surface area (Å²) in [5.74, 6) is 1.35. The molecule has 0 bridgehead atoms. The lowest BCUT2D eigenvalue weighted by Crippen LogP contribution is -2.34. The van der Waals surface area contributed by atoms with Crippen LogP contribution in [0, 0.1) is 0 Å². The molecule has 9 heteroatoms. The second-order valence-corrected chi connectivity index (χ2v) is 6.66. The van der Waals surface area contributed by atoms with Crippen LogP contribution < -0.4 is 5.32 Å². The van der Waals surface area contributed by atoms with Gasteiger partial charge in [0.25, 0.3) is 11.7 Å². The Morgan fingerprint density at radius 1 is 1.15 bits per heavy atom. The Labute approximate surface area is 149 Å². The maximum absolute atomic E-state index is 12.9. The molecule has 0 unspecified atom stereocenters. The van der Waals surface area contributed by atoms with Gasteiger partial charge in [-0.05, 0) is 25.3 Å². The molecule has 3 aromatic heterocycles. The lowest BCUT2D eigenvalue weighted by molar-refractivity contribution is 0.0751. The van der Waals surface area contributed by atoms with Crippen molar-refractivity contribution < 1.29 is 4.79 Å². The van der Waals surface area contributed by atoms with Crippen molar-refractivity contribution in [2.24, 2.45) is 0 Å². The van der Waals surface area contributed by atoms with Gasteiger partial charge in [0, 0.05) is 43.5 Å². The molecule has 26 heavy (non-hydrogen) atoms. The minimum Gasteiger partial charge on any atom is -0.367 e. The summed E-state index contributed by atoms with van der Waals surface area (Å²) in [6.45, 7) is 1.19. The Hall–Kier alpha value is -3.10. The third-order valence-electron chi connectivity index (χ3n) is 4.80. The fraction of sp³-hybridized carbons (Fsp3) is 0.412. The predicted octanol–water partition coefficient (Wildman–Crippen LogP) is 0.730. The van der Waals surface area contributed by atoms with Gasteiger partial charge in [-0.1, -0.05) is 0 Å². The van der Waals surface area contributed by atoms with Crippen LogP contribution in [0.15, 0.2) is 24.8 Å². The molecule has 0 saturated heterocycles. The summed E-state index contributed by atoms with van der Waals surface area (Å²) in [7, 11) is 0. The molecule has 5 rings (SSSR count). The van der Waals surface area contributed by atoms with E-state index in [9.17, 15) is 4.79 Å². The number of hydrogen-bond donors (Lipinski definition) is 1. The van der Waals surface area contributed by atoms with Gasteiger partial charge in [-0.2, -0.15) is 4.98 Å². The fourth-order valence-electron chi connectivity index (χ4n) is 3.24. The smallest absolute Gasteiger partial charge is 0.293 e. The third kappa shape index (κ3) is 2.75. The molecule has 2 aliphatic rings. The average Bonchev–Trinajstić information content (AvgIpc) is 3.41. The number of amides is 1. The Kier molecular flexibility index (Phi) is 3.51. The molecule has 1 aliphatic carbocycles. The topological polar surface area (TPSA) is 101 Å². The summed E-state index contributed by atoms with van der Waals surface area (Å²) in [6, 6.07) is 2.29. The molecule has 0 atom stereocenters. The standard InChI is InChI=1S/C17H18N8O/c26-16(15-22-17-18-6-1-7-25(17)23-15)24-8-4-12-13(5-9-24)19-10-20-14(12)21-11-2-3-11/h1,6-7,10-11H,2-5,8-9H2,(H,19,20,21). The summed E-state index contributed by atoms with van der Waals surface area (Å²) in [5.41, 5.74) is 2.14. The van der Waals surface area contributed by atoms with E-state index in [2.05, 4.69) is 30.4 Å². The van der Waals surface area contributed by atoms with Crippen molar-refractivity contribution in [2.45, 2.75) is 31.7 Å². The largest absolute Gasteiger partial charge is 0.367 e. The van der Waals surface area contributed by atoms with Gasteiger partial charge in [-0.25, -0.2) is 19.5 Å². The Balaban J connectivity index is 1.37. The Morgan fingerprint density at radius 3 is 2.88 bits per heavy atom. The Bertz CT molecular complexity index is 947. The van der Waals surface area contributed by atoms with Crippen molar-refractivity contribution in [1.82, 2.24) is 34.4 Å². The van der Waals surface area contributed by atoms with E-state index in [4.69, 9.17) is 0 Å². The highest BCUT2D eigenvalue weighted by Crippen LogP contribution is 2.27. The van der Waals surface area contributed by atoms with Gasteiger partial charge in [0.05, 0.1) is 5.69 Å². The first-order valence-electron chi connectivity index (χ1n) is 8.84. The van der Waals surface area contributed by atoms with Crippen molar-refractivity contribution >= 4 is 17.5 Å². The first-order chi connectivity index (χ1) is 12.8. The average molecular weight is 350 g/mol. The van der Waals surface area contributed by atoms with Crippen LogP contribution in [0.4, 0.5) is 5.82 Å². The van der Waals surface area contributed by atoms with Crippen LogP contribution in [-0.2, 0) is 12.8 Å². The van der Waals surface area contributed by atoms with E-state index >= 15 is 0 Å². The monoisotopic (exact) mass is 350 g/mol. The van der Waals surface area contributed by atoms with Gasteiger partial charge in [0.15, 0.2) is 0 Å². The van der Waals surface area contributed by atoms with Gasteiger partial charge in [-0.15, -0.1) is 5.10 Å². The zero-order chi connectivity index (χ0) is 17.5. The quantitative estimate of drug-likeness (QED) is 0.743. The minimum atomic E-state index is -0.173. The van der Waals surface area contributed by atoms with Crippen LogP contribution in [0.5, 0.6) is 0 Å². The Morgan fingerprint density at radius 2 is 2.04 bits per heavy atom. The van der Waals surface area contributed by atoms with Gasteiger partial charge in [-0.3, -0.25) is 4.79 Å². The first-order valence-corrected chi connectivity index (χ1v) is 8.84. The second-order valence-electron chi connectivity index (χ2n) is 6.66. The number of nitrogens with one attached hydrogen (secondary N) is 1. The van der Waals surface area contributed by atoms with Crippen molar-refractivity contribution in [2.75, 3.05) is 18.4 Å². The molecule has 0 aromatic carbocycles. The molecule has 3 aromatic rings. The number of nitrogens with zero attached hydrogens (tertiary/aromatic N) is 7. The summed E-state index contributed by atoms with van der Waals surface area (Å²) in [5, 5.41) is 7.72. The molecular formula is C17H18N8O. The van der Waals surface area contributed by atoms with E-state index in [0.717, 1.165) is 23.5 Å². The fourth-order valence-corrected chi connectivity index (χ4v) is 3.24. The van der Waals surface area contributed by atoms with Crippen molar-refractivity contribution in [1.29, 1.82) is 0 Å². The molecule has 9 nitrogen and oxygen atoms in total. The first kappa shape index (κ1) is 15.2. The molecule has 1 aliphatic heterocycles.